The highest BCUT2D eigenvalue weighted by Crippen LogP contribution is 2.14. The predicted octanol–water partition coefficient (Wildman–Crippen LogP) is -0.0764. The zero-order chi connectivity index (χ0) is 10.8. The average molecular weight is 203 g/mol. The number of benzene rings is 1. The standard InChI is InChI=1S/C10H10BNO3/c1-15-10(13)9-5-6-4-7(11-14)2-3-8(6)12-9/h2-5,11-12,14H,1H3. The summed E-state index contributed by atoms with van der Waals surface area (Å²) in [4.78, 5) is 14.2. The number of aromatic amines is 1. The number of fused-ring (bicyclic) bond motifs is 1. The van der Waals surface area contributed by atoms with Crippen LogP contribution in [-0.2, 0) is 4.74 Å². The van der Waals surface area contributed by atoms with Gasteiger partial charge in [0.05, 0.1) is 7.11 Å². The molecule has 2 aromatic rings. The first-order chi connectivity index (χ1) is 7.24. The van der Waals surface area contributed by atoms with Crippen LogP contribution in [0.5, 0.6) is 0 Å². The molecule has 0 saturated heterocycles. The summed E-state index contributed by atoms with van der Waals surface area (Å²) in [5.74, 6) is -0.392. The third-order valence-electron chi connectivity index (χ3n) is 2.27. The summed E-state index contributed by atoms with van der Waals surface area (Å²) in [6.07, 6.45) is 0. The fraction of sp³-hybridized carbons (Fsp3) is 0.100. The van der Waals surface area contributed by atoms with Crippen LogP contribution < -0.4 is 5.46 Å². The van der Waals surface area contributed by atoms with E-state index in [1.165, 1.54) is 7.11 Å². The SMILES string of the molecule is COC(=O)c1cc2cc(BO)ccc2[nH]1. The Bertz CT molecular complexity index is 506. The van der Waals surface area contributed by atoms with Crippen molar-refractivity contribution in [1.82, 2.24) is 4.98 Å². The van der Waals surface area contributed by atoms with Crippen molar-refractivity contribution in [1.29, 1.82) is 0 Å². The normalized spacial score (nSPS) is 10.3. The fourth-order valence-corrected chi connectivity index (χ4v) is 1.50. The van der Waals surface area contributed by atoms with Crippen LogP contribution >= 0.6 is 0 Å². The van der Waals surface area contributed by atoms with E-state index in [4.69, 9.17) is 5.02 Å². The molecule has 0 atom stereocenters. The van der Waals surface area contributed by atoms with Crippen molar-refractivity contribution in [3.05, 3.63) is 30.0 Å². The van der Waals surface area contributed by atoms with Gasteiger partial charge < -0.3 is 14.7 Å². The molecular weight excluding hydrogens is 193 g/mol. The Hall–Kier alpha value is -1.75. The summed E-state index contributed by atoms with van der Waals surface area (Å²) < 4.78 is 4.60. The Morgan fingerprint density at radius 1 is 1.47 bits per heavy atom. The average Bonchev–Trinajstić information content (AvgIpc) is 2.70. The largest absolute Gasteiger partial charge is 0.464 e. The topological polar surface area (TPSA) is 62.3 Å². The molecule has 1 heterocycles. The Balaban J connectivity index is 2.51. The van der Waals surface area contributed by atoms with Crippen LogP contribution in [-0.4, -0.2) is 30.6 Å². The second-order valence-electron chi connectivity index (χ2n) is 3.25. The van der Waals surface area contributed by atoms with Gasteiger partial charge in [0.15, 0.2) is 0 Å². The zero-order valence-corrected chi connectivity index (χ0v) is 8.28. The molecule has 0 fully saturated rings. The van der Waals surface area contributed by atoms with Gasteiger partial charge in [-0.25, -0.2) is 4.79 Å². The second kappa shape index (κ2) is 3.78. The smallest absolute Gasteiger partial charge is 0.354 e. The van der Waals surface area contributed by atoms with Crippen LogP contribution in [0, 0.1) is 0 Å². The molecule has 5 heteroatoms. The Morgan fingerprint density at radius 3 is 2.93 bits per heavy atom. The molecule has 0 aliphatic heterocycles. The van der Waals surface area contributed by atoms with Crippen molar-refractivity contribution in [3.8, 4) is 0 Å². The number of hydrogen-bond acceptors (Lipinski definition) is 3. The molecule has 2 N–H and O–H groups in total. The van der Waals surface area contributed by atoms with Gasteiger partial charge in [0.1, 0.15) is 5.69 Å². The molecular formula is C10H10BNO3. The quantitative estimate of drug-likeness (QED) is 0.530. The molecule has 0 aliphatic rings. The first-order valence-electron chi connectivity index (χ1n) is 4.55. The molecule has 1 aromatic heterocycles. The van der Waals surface area contributed by atoms with Crippen molar-refractivity contribution in [2.45, 2.75) is 0 Å². The summed E-state index contributed by atoms with van der Waals surface area (Å²) in [6, 6.07) is 7.17. The summed E-state index contributed by atoms with van der Waals surface area (Å²) in [7, 11) is 1.33. The van der Waals surface area contributed by atoms with Crippen molar-refractivity contribution >= 4 is 29.8 Å². The number of hydrogen-bond donors (Lipinski definition) is 2. The van der Waals surface area contributed by atoms with E-state index in [0.717, 1.165) is 16.4 Å². The van der Waals surface area contributed by atoms with Gasteiger partial charge in [0.2, 0.25) is 0 Å². The molecule has 15 heavy (non-hydrogen) atoms. The first kappa shape index (κ1) is 9.80. The summed E-state index contributed by atoms with van der Waals surface area (Å²) in [6.45, 7) is 0. The van der Waals surface area contributed by atoms with Crippen LogP contribution in [0.2, 0.25) is 0 Å². The van der Waals surface area contributed by atoms with E-state index >= 15 is 0 Å². The first-order valence-corrected chi connectivity index (χ1v) is 4.55. The molecule has 0 spiro atoms. The third-order valence-corrected chi connectivity index (χ3v) is 2.27. The van der Waals surface area contributed by atoms with Crippen LogP contribution in [0.25, 0.3) is 10.9 Å². The number of methoxy groups -OCH3 is 1. The van der Waals surface area contributed by atoms with Crippen molar-refractivity contribution in [2.24, 2.45) is 0 Å². The maximum absolute atomic E-state index is 11.2. The minimum atomic E-state index is -0.392. The zero-order valence-electron chi connectivity index (χ0n) is 8.28. The molecule has 0 bridgehead atoms. The van der Waals surface area contributed by atoms with Crippen molar-refractivity contribution in [3.63, 3.8) is 0 Å². The van der Waals surface area contributed by atoms with E-state index in [-0.39, 0.29) is 7.48 Å². The molecule has 2 rings (SSSR count). The van der Waals surface area contributed by atoms with E-state index in [9.17, 15) is 4.79 Å². The molecule has 1 aromatic carbocycles. The van der Waals surface area contributed by atoms with Crippen molar-refractivity contribution in [2.75, 3.05) is 7.11 Å². The highest BCUT2D eigenvalue weighted by atomic mass is 16.5. The van der Waals surface area contributed by atoms with E-state index in [1.807, 2.05) is 12.1 Å². The monoisotopic (exact) mass is 203 g/mol. The third kappa shape index (κ3) is 1.73. The van der Waals surface area contributed by atoms with Gasteiger partial charge in [-0.3, -0.25) is 0 Å². The predicted molar refractivity (Wildman–Crippen MR) is 58.6 cm³/mol. The highest BCUT2D eigenvalue weighted by molar-refractivity contribution is 6.46. The van der Waals surface area contributed by atoms with Gasteiger partial charge in [-0.1, -0.05) is 17.6 Å². The van der Waals surface area contributed by atoms with Gasteiger partial charge in [-0.15, -0.1) is 0 Å². The number of ether oxygens (including phenoxy) is 1. The van der Waals surface area contributed by atoms with Crippen molar-refractivity contribution < 1.29 is 14.6 Å². The van der Waals surface area contributed by atoms with E-state index in [1.54, 1.807) is 12.1 Å². The molecule has 0 saturated carbocycles. The molecule has 76 valence electrons. The molecule has 4 nitrogen and oxygen atoms in total. The minimum absolute atomic E-state index is 0.00528. The van der Waals surface area contributed by atoms with E-state index in [2.05, 4.69) is 9.72 Å². The van der Waals surface area contributed by atoms with E-state index < -0.39 is 5.97 Å². The lowest BCUT2D eigenvalue weighted by Gasteiger charge is -1.93. The minimum Gasteiger partial charge on any atom is -0.464 e. The Labute approximate surface area is 87.1 Å². The lowest BCUT2D eigenvalue weighted by Crippen LogP contribution is -2.11. The number of nitrogens with one attached hydrogen (secondary N) is 1. The summed E-state index contributed by atoms with van der Waals surface area (Å²) >= 11 is 0. The summed E-state index contributed by atoms with van der Waals surface area (Å²) in [5, 5.41) is 9.85. The van der Waals surface area contributed by atoms with Crippen LogP contribution in [0.4, 0.5) is 0 Å². The second-order valence-corrected chi connectivity index (χ2v) is 3.25. The Kier molecular flexibility index (Phi) is 2.47. The number of H-pyrrole nitrogens is 1. The number of esters is 1. The van der Waals surface area contributed by atoms with Gasteiger partial charge in [-0.2, -0.15) is 0 Å². The lowest BCUT2D eigenvalue weighted by molar-refractivity contribution is 0.0595. The van der Waals surface area contributed by atoms with Crippen LogP contribution in [0.15, 0.2) is 24.3 Å². The van der Waals surface area contributed by atoms with E-state index in [0.29, 0.717) is 5.69 Å². The number of aromatic nitrogens is 1. The maximum atomic E-state index is 11.2. The highest BCUT2D eigenvalue weighted by Gasteiger charge is 2.09. The molecule has 0 amide bonds. The maximum Gasteiger partial charge on any atom is 0.354 e. The summed E-state index contributed by atoms with van der Waals surface area (Å²) in [5.41, 5.74) is 2.09. The lowest BCUT2D eigenvalue weighted by atomic mass is 9.88. The molecule has 0 aliphatic carbocycles. The number of carbonyl (C=O) groups excluding carboxylic acids is 1. The van der Waals surface area contributed by atoms with Gasteiger partial charge in [-0.05, 0) is 17.5 Å². The number of carbonyl (C=O) groups is 1. The van der Waals surface area contributed by atoms with Gasteiger partial charge in [0.25, 0.3) is 0 Å². The number of rotatable bonds is 2. The van der Waals surface area contributed by atoms with Crippen LogP contribution in [0.3, 0.4) is 0 Å². The van der Waals surface area contributed by atoms with Gasteiger partial charge in [0, 0.05) is 5.52 Å². The molecule has 0 unspecified atom stereocenters. The molecule has 0 radical (unpaired) electrons. The Morgan fingerprint density at radius 2 is 2.27 bits per heavy atom. The van der Waals surface area contributed by atoms with Crippen LogP contribution in [0.1, 0.15) is 10.5 Å². The fourth-order valence-electron chi connectivity index (χ4n) is 1.50. The van der Waals surface area contributed by atoms with Gasteiger partial charge >= 0.3 is 13.5 Å².